The monoisotopic (exact) mass is 446 g/mol. The number of amides is 1. The van der Waals surface area contributed by atoms with E-state index in [1.807, 2.05) is 6.08 Å². The maximum Gasteiger partial charge on any atom is 0.251 e. The van der Waals surface area contributed by atoms with E-state index in [0.717, 1.165) is 31.6 Å². The molecule has 32 heavy (non-hydrogen) atoms. The van der Waals surface area contributed by atoms with Crippen LogP contribution in [0.5, 0.6) is 0 Å². The first kappa shape index (κ1) is 21.7. The highest BCUT2D eigenvalue weighted by Crippen LogP contribution is 2.59. The Hall–Kier alpha value is -2.13. The van der Waals surface area contributed by atoms with Gasteiger partial charge in [-0.1, -0.05) is 63.0 Å². The first-order valence-corrected chi connectivity index (χ1v) is 14.7. The summed E-state index contributed by atoms with van der Waals surface area (Å²) in [7, 11) is -1.76. The molecule has 4 aliphatic rings. The van der Waals surface area contributed by atoms with Gasteiger partial charge in [-0.3, -0.25) is 9.69 Å². The molecule has 1 aromatic carbocycles. The number of carbonyl (C=O) groups is 1. The quantitative estimate of drug-likeness (QED) is 0.501. The van der Waals surface area contributed by atoms with Crippen LogP contribution < -0.4 is 4.90 Å². The minimum absolute atomic E-state index is 0.0274. The zero-order valence-corrected chi connectivity index (χ0v) is 20.9. The summed E-state index contributed by atoms with van der Waals surface area (Å²) in [6, 6.07) is 9.04. The first-order chi connectivity index (χ1) is 15.2. The third kappa shape index (κ3) is 3.08. The molecule has 1 aliphatic carbocycles. The van der Waals surface area contributed by atoms with Gasteiger partial charge in [-0.15, -0.1) is 0 Å². The van der Waals surface area contributed by atoms with Crippen LogP contribution in [0.1, 0.15) is 39.2 Å². The van der Waals surface area contributed by atoms with Crippen molar-refractivity contribution in [2.24, 2.45) is 0 Å². The number of carbonyl (C=O) groups excluding carboxylic acids is 1. The lowest BCUT2D eigenvalue weighted by atomic mass is 9.64. The van der Waals surface area contributed by atoms with E-state index in [1.54, 1.807) is 6.08 Å². The lowest BCUT2D eigenvalue weighted by Crippen LogP contribution is -2.57. The van der Waals surface area contributed by atoms with Gasteiger partial charge in [-0.05, 0) is 48.2 Å². The molecule has 1 fully saturated rings. The highest BCUT2D eigenvalue weighted by Gasteiger charge is 2.62. The molecule has 1 spiro atoms. The van der Waals surface area contributed by atoms with E-state index in [1.165, 1.54) is 11.1 Å². The van der Waals surface area contributed by atoms with Gasteiger partial charge in [0, 0.05) is 29.8 Å². The van der Waals surface area contributed by atoms with Gasteiger partial charge in [0.25, 0.3) is 5.91 Å². The molecule has 0 aromatic heterocycles. The summed E-state index contributed by atoms with van der Waals surface area (Å²) in [4.78, 5) is 17.5. The Morgan fingerprint density at radius 2 is 1.97 bits per heavy atom. The van der Waals surface area contributed by atoms with Gasteiger partial charge in [0.15, 0.2) is 8.32 Å². The van der Waals surface area contributed by atoms with E-state index in [0.29, 0.717) is 12.6 Å². The maximum atomic E-state index is 12.9. The zero-order valence-electron chi connectivity index (χ0n) is 19.9. The van der Waals surface area contributed by atoms with Crippen LogP contribution in [0.3, 0.4) is 0 Å². The van der Waals surface area contributed by atoms with Crippen molar-refractivity contribution in [2.75, 3.05) is 24.6 Å². The molecule has 5 heteroatoms. The van der Waals surface area contributed by atoms with Crippen molar-refractivity contribution in [3.8, 4) is 11.8 Å². The maximum absolute atomic E-state index is 12.9. The number of hydrogen-bond donors (Lipinski definition) is 0. The summed E-state index contributed by atoms with van der Waals surface area (Å²) in [6.07, 6.45) is 8.21. The summed E-state index contributed by atoms with van der Waals surface area (Å²) in [5.74, 6) is 6.80. The first-order valence-electron chi connectivity index (χ1n) is 11.8. The van der Waals surface area contributed by atoms with E-state index >= 15 is 0 Å². The standard InChI is InChI=1S/C27H34N2O2Si/c1-26(2,3)32(4,5)31-19-9-8-17-28-18-16-27-21-10-6-7-11-22(21)29-24(30)15-13-20(25(27)29)12-14-23(27)28/h6-7,10-13,15,23,25H,14,16-19H2,1-5H3/t23-,25-,27+/m0/s1. The minimum atomic E-state index is -1.76. The summed E-state index contributed by atoms with van der Waals surface area (Å²) in [6.45, 7) is 13.6. The second kappa shape index (κ2) is 7.45. The molecule has 0 N–H and O–H groups in total. The number of rotatable bonds is 3. The van der Waals surface area contributed by atoms with Crippen LogP contribution in [0.25, 0.3) is 0 Å². The summed E-state index contributed by atoms with van der Waals surface area (Å²) >= 11 is 0. The molecule has 1 amide bonds. The average molecular weight is 447 g/mol. The number of hydrogen-bond acceptors (Lipinski definition) is 3. The Labute approximate surface area is 193 Å². The fourth-order valence-corrected chi connectivity index (χ4v) is 6.72. The molecule has 0 unspecified atom stereocenters. The largest absolute Gasteiger partial charge is 0.406 e. The Balaban J connectivity index is 1.38. The summed E-state index contributed by atoms with van der Waals surface area (Å²) < 4.78 is 6.23. The molecule has 0 saturated carbocycles. The molecule has 0 bridgehead atoms. The van der Waals surface area contributed by atoms with Gasteiger partial charge in [-0.2, -0.15) is 0 Å². The predicted molar refractivity (Wildman–Crippen MR) is 132 cm³/mol. The Morgan fingerprint density at radius 1 is 1.19 bits per heavy atom. The van der Waals surface area contributed by atoms with Crippen LogP contribution in [0.15, 0.2) is 48.1 Å². The predicted octanol–water partition coefficient (Wildman–Crippen LogP) is 4.64. The molecular weight excluding hydrogens is 412 g/mol. The summed E-state index contributed by atoms with van der Waals surface area (Å²) in [5, 5.41) is 0.204. The lowest BCUT2D eigenvalue weighted by molar-refractivity contribution is -0.114. The van der Waals surface area contributed by atoms with Gasteiger partial charge >= 0.3 is 0 Å². The topological polar surface area (TPSA) is 32.8 Å². The molecule has 1 aromatic rings. The van der Waals surface area contributed by atoms with Crippen LogP contribution in [-0.4, -0.2) is 50.9 Å². The van der Waals surface area contributed by atoms with E-state index in [4.69, 9.17) is 4.43 Å². The fourth-order valence-electron chi connectivity index (χ4n) is 5.85. The normalized spacial score (nSPS) is 28.6. The Kier molecular flexibility index (Phi) is 5.05. The molecule has 3 aliphatic heterocycles. The lowest BCUT2D eigenvalue weighted by Gasteiger charge is -2.46. The molecule has 3 atom stereocenters. The number of likely N-dealkylation sites (tertiary alicyclic amines) is 1. The van der Waals surface area contributed by atoms with Gasteiger partial charge in [0.1, 0.15) is 0 Å². The molecule has 168 valence electrons. The molecule has 5 rings (SSSR count). The number of benzene rings is 1. The fraction of sp³-hybridized carbons (Fsp3) is 0.519. The number of nitrogens with zero attached hydrogens (tertiary/aromatic N) is 2. The average Bonchev–Trinajstić information content (AvgIpc) is 3.27. The van der Waals surface area contributed by atoms with Crippen LogP contribution in [0.2, 0.25) is 18.1 Å². The smallest absolute Gasteiger partial charge is 0.251 e. The zero-order chi connectivity index (χ0) is 22.7. The Bertz CT molecular complexity index is 1070. The van der Waals surface area contributed by atoms with Gasteiger partial charge in [0.05, 0.1) is 19.2 Å². The molecular formula is C27H34N2O2Si. The molecule has 3 heterocycles. The van der Waals surface area contributed by atoms with Crippen molar-refractivity contribution in [1.82, 2.24) is 4.90 Å². The second-order valence-electron chi connectivity index (χ2n) is 11.1. The van der Waals surface area contributed by atoms with E-state index in [2.05, 4.69) is 85.8 Å². The van der Waals surface area contributed by atoms with Gasteiger partial charge < -0.3 is 9.33 Å². The van der Waals surface area contributed by atoms with E-state index in [-0.39, 0.29) is 22.4 Å². The van der Waals surface area contributed by atoms with Crippen LogP contribution >= 0.6 is 0 Å². The van der Waals surface area contributed by atoms with Crippen molar-refractivity contribution in [2.45, 2.75) is 69.2 Å². The van der Waals surface area contributed by atoms with Crippen molar-refractivity contribution in [3.63, 3.8) is 0 Å². The van der Waals surface area contributed by atoms with Crippen molar-refractivity contribution in [1.29, 1.82) is 0 Å². The van der Waals surface area contributed by atoms with E-state index in [9.17, 15) is 4.79 Å². The van der Waals surface area contributed by atoms with Crippen LogP contribution in [-0.2, 0) is 14.6 Å². The van der Waals surface area contributed by atoms with Gasteiger partial charge in [0.2, 0.25) is 0 Å². The SMILES string of the molecule is CC(C)(C)[Si](C)(C)OCC#CCN1CC[C@@]23c4ccccc4N4C(=O)C=CC(=CC[C@H]12)[C@H]43. The highest BCUT2D eigenvalue weighted by molar-refractivity contribution is 6.74. The number of anilines is 1. The third-order valence-corrected chi connectivity index (χ3v) is 13.0. The molecule has 4 nitrogen and oxygen atoms in total. The number of fused-ring (bicyclic) bond motifs is 2. The van der Waals surface area contributed by atoms with Crippen molar-refractivity contribution < 1.29 is 9.22 Å². The summed E-state index contributed by atoms with van der Waals surface area (Å²) in [5.41, 5.74) is 3.71. The molecule has 0 radical (unpaired) electrons. The van der Waals surface area contributed by atoms with Crippen LogP contribution in [0, 0.1) is 11.8 Å². The van der Waals surface area contributed by atoms with Crippen molar-refractivity contribution >= 4 is 19.9 Å². The third-order valence-electron chi connectivity index (χ3n) is 8.53. The van der Waals surface area contributed by atoms with E-state index < -0.39 is 8.32 Å². The molecule has 1 saturated heterocycles. The minimum Gasteiger partial charge on any atom is -0.406 e. The number of para-hydroxylation sites is 1. The highest BCUT2D eigenvalue weighted by atomic mass is 28.4. The Morgan fingerprint density at radius 3 is 2.75 bits per heavy atom. The van der Waals surface area contributed by atoms with Crippen molar-refractivity contribution in [3.05, 3.63) is 53.6 Å². The second-order valence-corrected chi connectivity index (χ2v) is 15.9. The van der Waals surface area contributed by atoms with Crippen LogP contribution in [0.4, 0.5) is 5.69 Å². The van der Waals surface area contributed by atoms with Gasteiger partial charge in [-0.25, -0.2) is 0 Å².